The number of imidazole rings is 1. The van der Waals surface area contributed by atoms with Gasteiger partial charge >= 0.3 is 5.97 Å². The Morgan fingerprint density at radius 3 is 2.67 bits per heavy atom. The van der Waals surface area contributed by atoms with Crippen LogP contribution in [0.5, 0.6) is 0 Å². The molecule has 244 valence electrons. The molecule has 0 aliphatic carbocycles. The average molecular weight is 686 g/mol. The Kier molecular flexibility index (Phi) is 7.56. The summed E-state index contributed by atoms with van der Waals surface area (Å²) in [7, 11) is 3.00. The number of esters is 1. The molecule has 48 heavy (non-hydrogen) atoms. The minimum absolute atomic E-state index is 0.0115. The Morgan fingerprint density at radius 2 is 1.85 bits per heavy atom. The summed E-state index contributed by atoms with van der Waals surface area (Å²) in [5, 5.41) is 3.66. The molecule has 3 aliphatic rings. The van der Waals surface area contributed by atoms with Crippen molar-refractivity contribution < 1.29 is 23.5 Å². The summed E-state index contributed by atoms with van der Waals surface area (Å²) in [5.41, 5.74) is 4.56. The van der Waals surface area contributed by atoms with E-state index in [0.29, 0.717) is 53.5 Å². The minimum atomic E-state index is -1.22. The van der Waals surface area contributed by atoms with Gasteiger partial charge in [0.05, 0.1) is 35.3 Å². The van der Waals surface area contributed by atoms with E-state index in [1.54, 1.807) is 37.4 Å². The van der Waals surface area contributed by atoms with Crippen LogP contribution in [0, 0.1) is 5.82 Å². The lowest BCUT2D eigenvalue weighted by molar-refractivity contribution is -0.129. The number of nitrogens with one attached hydrogen (secondary N) is 1. The number of benzene rings is 4. The zero-order valence-electron chi connectivity index (χ0n) is 26.2. The Bertz CT molecular complexity index is 2140. The Morgan fingerprint density at radius 1 is 1.04 bits per heavy atom. The van der Waals surface area contributed by atoms with Crippen molar-refractivity contribution in [3.05, 3.63) is 128 Å². The number of carbonyl (C=O) groups excluding carboxylic acids is 2. The molecule has 0 bridgehead atoms. The van der Waals surface area contributed by atoms with Gasteiger partial charge in [0.15, 0.2) is 0 Å². The molecule has 1 spiro atoms. The Balaban J connectivity index is 1.36. The van der Waals surface area contributed by atoms with E-state index >= 15 is 4.39 Å². The highest BCUT2D eigenvalue weighted by atomic mass is 35.5. The number of methoxy groups -OCH3 is 2. The second kappa shape index (κ2) is 11.7. The number of ether oxygens (including phenoxy) is 2. The largest absolute Gasteiger partial charge is 0.465 e. The highest BCUT2D eigenvalue weighted by Gasteiger charge is 2.67. The van der Waals surface area contributed by atoms with Crippen LogP contribution in [0.3, 0.4) is 0 Å². The maximum atomic E-state index is 16.4. The van der Waals surface area contributed by atoms with Crippen molar-refractivity contribution in [3.63, 3.8) is 0 Å². The van der Waals surface area contributed by atoms with Gasteiger partial charge in [0, 0.05) is 55.2 Å². The van der Waals surface area contributed by atoms with Gasteiger partial charge in [-0.15, -0.1) is 0 Å². The van der Waals surface area contributed by atoms with Gasteiger partial charge < -0.3 is 19.4 Å². The Hall–Kier alpha value is -4.28. The normalized spacial score (nSPS) is 22.9. The van der Waals surface area contributed by atoms with Gasteiger partial charge in [-0.25, -0.2) is 14.2 Å². The molecule has 0 radical (unpaired) electrons. The van der Waals surface area contributed by atoms with E-state index in [1.165, 1.54) is 13.2 Å². The van der Waals surface area contributed by atoms with Gasteiger partial charge in [0.1, 0.15) is 17.2 Å². The van der Waals surface area contributed by atoms with Crippen molar-refractivity contribution in [2.24, 2.45) is 0 Å². The van der Waals surface area contributed by atoms with Crippen molar-refractivity contribution in [1.82, 2.24) is 14.5 Å². The summed E-state index contributed by atoms with van der Waals surface area (Å²) in [5.74, 6) is -1.59. The number of amides is 1. The molecule has 1 fully saturated rings. The third-order valence-corrected chi connectivity index (χ3v) is 10.7. The minimum Gasteiger partial charge on any atom is -0.465 e. The van der Waals surface area contributed by atoms with Crippen LogP contribution >= 0.6 is 23.2 Å². The summed E-state index contributed by atoms with van der Waals surface area (Å²) in [4.78, 5) is 34.6. The zero-order chi connectivity index (χ0) is 33.3. The predicted octanol–water partition coefficient (Wildman–Crippen LogP) is 7.11. The molecule has 4 atom stereocenters. The molecule has 11 heteroatoms. The number of carbonyl (C=O) groups is 2. The number of halogens is 3. The fourth-order valence-electron chi connectivity index (χ4n) is 8.30. The van der Waals surface area contributed by atoms with Crippen molar-refractivity contribution in [3.8, 4) is 0 Å². The summed E-state index contributed by atoms with van der Waals surface area (Å²) in [6, 6.07) is 23.7. The molecule has 5 aromatic rings. The van der Waals surface area contributed by atoms with Crippen LogP contribution in [-0.2, 0) is 40.4 Å². The van der Waals surface area contributed by atoms with Gasteiger partial charge in [-0.2, -0.15) is 0 Å². The highest BCUT2D eigenvalue weighted by Crippen LogP contribution is 2.60. The molecule has 4 heterocycles. The number of hydrogen-bond donors (Lipinski definition) is 1. The van der Waals surface area contributed by atoms with Gasteiger partial charge in [0.25, 0.3) is 0 Å². The molecular formula is C37H31Cl2FN4O4. The predicted molar refractivity (Wildman–Crippen MR) is 181 cm³/mol. The second-order valence-corrected chi connectivity index (χ2v) is 13.6. The third kappa shape index (κ3) is 4.67. The van der Waals surface area contributed by atoms with E-state index in [4.69, 9.17) is 37.7 Å². The van der Waals surface area contributed by atoms with Crippen LogP contribution in [0.2, 0.25) is 10.0 Å². The average Bonchev–Trinajstić information content (AvgIpc) is 3.69. The SMILES string of the molecule is COCc1cccc(CN2[C@H]3Cn4c(nc5cc(C(=O)OC)ccc54)[C@H]3[C@H](c3cccc(Cl)c3F)[C@@]23Cc2ccc(Cl)cc2NC3=O)c1. The lowest BCUT2D eigenvalue weighted by Crippen LogP contribution is -2.61. The zero-order valence-corrected chi connectivity index (χ0v) is 27.7. The van der Waals surface area contributed by atoms with Crippen LogP contribution in [0.4, 0.5) is 10.1 Å². The van der Waals surface area contributed by atoms with Crippen molar-refractivity contribution in [2.45, 2.75) is 49.5 Å². The molecule has 1 saturated heterocycles. The second-order valence-electron chi connectivity index (χ2n) is 12.7. The fourth-order valence-corrected chi connectivity index (χ4v) is 8.66. The summed E-state index contributed by atoms with van der Waals surface area (Å²) >= 11 is 12.8. The van der Waals surface area contributed by atoms with Crippen LogP contribution in [-0.4, -0.2) is 52.1 Å². The molecule has 3 aliphatic heterocycles. The number of anilines is 1. The van der Waals surface area contributed by atoms with Gasteiger partial charge in [0.2, 0.25) is 5.91 Å². The molecule has 1 N–H and O–H groups in total. The number of nitrogens with zero attached hydrogens (tertiary/aromatic N) is 3. The topological polar surface area (TPSA) is 85.7 Å². The molecule has 1 amide bonds. The van der Waals surface area contributed by atoms with E-state index in [0.717, 1.165) is 28.0 Å². The first-order valence-electron chi connectivity index (χ1n) is 15.7. The quantitative estimate of drug-likeness (QED) is 0.192. The van der Waals surface area contributed by atoms with Crippen molar-refractivity contribution in [2.75, 3.05) is 19.5 Å². The molecule has 1 aromatic heterocycles. The smallest absolute Gasteiger partial charge is 0.337 e. The molecule has 8 rings (SSSR count). The third-order valence-electron chi connectivity index (χ3n) is 10.2. The lowest BCUT2D eigenvalue weighted by Gasteiger charge is -2.46. The van der Waals surface area contributed by atoms with Gasteiger partial charge in [-0.05, 0) is 58.7 Å². The van der Waals surface area contributed by atoms with Crippen molar-refractivity contribution >= 4 is 51.8 Å². The number of fused-ring (bicyclic) bond motifs is 6. The Labute approximate surface area is 286 Å². The van der Waals surface area contributed by atoms with E-state index in [1.807, 2.05) is 36.4 Å². The number of hydrogen-bond acceptors (Lipinski definition) is 6. The maximum absolute atomic E-state index is 16.4. The lowest BCUT2D eigenvalue weighted by atomic mass is 9.69. The molecule has 0 saturated carbocycles. The van der Waals surface area contributed by atoms with Crippen LogP contribution < -0.4 is 5.32 Å². The first kappa shape index (κ1) is 31.0. The number of likely N-dealkylation sites (tertiary alicyclic amines) is 1. The first-order chi connectivity index (χ1) is 23.2. The number of rotatable bonds is 6. The summed E-state index contributed by atoms with van der Waals surface area (Å²) < 4.78 is 28.9. The first-order valence-corrected chi connectivity index (χ1v) is 16.4. The molecular weight excluding hydrogens is 654 g/mol. The fraction of sp³-hybridized carbons (Fsp3) is 0.270. The van der Waals surface area contributed by atoms with Crippen LogP contribution in [0.15, 0.2) is 78.9 Å². The van der Waals surface area contributed by atoms with Crippen LogP contribution in [0.25, 0.3) is 11.0 Å². The van der Waals surface area contributed by atoms with Gasteiger partial charge in [-0.1, -0.05) is 65.7 Å². The van der Waals surface area contributed by atoms with Crippen LogP contribution in [0.1, 0.15) is 50.3 Å². The van der Waals surface area contributed by atoms with Crippen molar-refractivity contribution in [1.29, 1.82) is 0 Å². The monoisotopic (exact) mass is 684 g/mol. The van der Waals surface area contributed by atoms with E-state index in [-0.39, 0.29) is 17.0 Å². The molecule has 8 nitrogen and oxygen atoms in total. The highest BCUT2D eigenvalue weighted by molar-refractivity contribution is 6.31. The van der Waals surface area contributed by atoms with E-state index < -0.39 is 29.2 Å². The van der Waals surface area contributed by atoms with E-state index in [2.05, 4.69) is 20.9 Å². The summed E-state index contributed by atoms with van der Waals surface area (Å²) in [6.45, 7) is 1.38. The molecule has 0 unspecified atom stereocenters. The summed E-state index contributed by atoms with van der Waals surface area (Å²) in [6.07, 6.45) is 0.319. The number of aromatic nitrogens is 2. The maximum Gasteiger partial charge on any atom is 0.337 e. The van der Waals surface area contributed by atoms with E-state index in [9.17, 15) is 9.59 Å². The standard InChI is InChI=1S/C37H31Cl2FN4O4/c1-47-19-21-6-3-5-20(13-21)17-44-30-18-43-29-12-10-22(35(45)48-2)14-28(29)41-34(43)31(30)32(25-7-4-8-26(39)33(25)40)37(44)16-23-9-11-24(38)15-27(23)42-36(37)46/h3-15,30-32H,16-19H2,1-2H3,(H,42,46)/t30-,31+,32-,37+/m0/s1. The molecule has 4 aromatic carbocycles. The van der Waals surface area contributed by atoms with Gasteiger partial charge in [-0.3, -0.25) is 9.69 Å².